The molecule has 15 heavy (non-hydrogen) atoms. The minimum absolute atomic E-state index is 1.07. The fourth-order valence-electron chi connectivity index (χ4n) is 1.84. The molecule has 1 aliphatic carbocycles. The Labute approximate surface area is 92.6 Å². The molecule has 0 saturated heterocycles. The van der Waals surface area contributed by atoms with Crippen molar-refractivity contribution in [3.05, 3.63) is 47.8 Å². The maximum Gasteiger partial charge on any atom is 0.0519 e. The van der Waals surface area contributed by atoms with Crippen molar-refractivity contribution in [3.8, 4) is 0 Å². The molecule has 0 radical (unpaired) electrons. The van der Waals surface area contributed by atoms with Crippen LogP contribution in [0.2, 0.25) is 0 Å². The molecule has 0 aliphatic heterocycles. The third-order valence-corrected chi connectivity index (χ3v) is 2.63. The van der Waals surface area contributed by atoms with E-state index in [2.05, 4.69) is 31.5 Å². The molecule has 2 rings (SSSR count). The van der Waals surface area contributed by atoms with Crippen molar-refractivity contribution >= 4 is 5.57 Å². The Balaban J connectivity index is 0.000000337. The van der Waals surface area contributed by atoms with Crippen LogP contribution in [0.1, 0.15) is 38.4 Å². The molecule has 0 N–H and O–H groups in total. The maximum absolute atomic E-state index is 4.37. The summed E-state index contributed by atoms with van der Waals surface area (Å²) in [5.74, 6) is 0. The molecule has 1 aromatic rings. The van der Waals surface area contributed by atoms with Crippen LogP contribution in [0.25, 0.3) is 5.57 Å². The lowest BCUT2D eigenvalue weighted by Gasteiger charge is -1.97. The molecule has 0 aromatic carbocycles. The molecule has 0 spiro atoms. The average molecular weight is 201 g/mol. The SMILES string of the molecule is C=CC.CCC1=C(C)c2cccnc2C1. The van der Waals surface area contributed by atoms with Crippen LogP contribution in [0.5, 0.6) is 0 Å². The van der Waals surface area contributed by atoms with Crippen LogP contribution >= 0.6 is 0 Å². The van der Waals surface area contributed by atoms with Crippen molar-refractivity contribution in [2.45, 2.75) is 33.6 Å². The Morgan fingerprint density at radius 2 is 2.20 bits per heavy atom. The van der Waals surface area contributed by atoms with Crippen LogP contribution in [0.4, 0.5) is 0 Å². The van der Waals surface area contributed by atoms with Gasteiger partial charge in [0.25, 0.3) is 0 Å². The lowest BCUT2D eigenvalue weighted by atomic mass is 10.1. The molecule has 1 aliphatic rings. The van der Waals surface area contributed by atoms with Gasteiger partial charge >= 0.3 is 0 Å². The molecular weight excluding hydrogens is 182 g/mol. The predicted octanol–water partition coefficient (Wildman–Crippen LogP) is 4.01. The summed E-state index contributed by atoms with van der Waals surface area (Å²) in [5.41, 5.74) is 5.60. The van der Waals surface area contributed by atoms with E-state index >= 15 is 0 Å². The monoisotopic (exact) mass is 201 g/mol. The molecular formula is C14H19N. The first-order valence-electron chi connectivity index (χ1n) is 5.44. The molecule has 1 heterocycles. The van der Waals surface area contributed by atoms with Crippen molar-refractivity contribution in [1.82, 2.24) is 4.98 Å². The Morgan fingerprint density at radius 3 is 2.73 bits per heavy atom. The third-order valence-electron chi connectivity index (χ3n) is 2.63. The highest BCUT2D eigenvalue weighted by Crippen LogP contribution is 2.31. The molecule has 0 bridgehead atoms. The van der Waals surface area contributed by atoms with Gasteiger partial charge in [-0.15, -0.1) is 6.58 Å². The molecule has 0 amide bonds. The van der Waals surface area contributed by atoms with E-state index in [1.807, 2.05) is 19.2 Å². The maximum atomic E-state index is 4.37. The number of nitrogens with zero attached hydrogens (tertiary/aromatic N) is 1. The van der Waals surface area contributed by atoms with Crippen molar-refractivity contribution in [2.24, 2.45) is 0 Å². The molecule has 80 valence electrons. The van der Waals surface area contributed by atoms with Crippen molar-refractivity contribution in [1.29, 1.82) is 0 Å². The van der Waals surface area contributed by atoms with Gasteiger partial charge in [-0.3, -0.25) is 4.98 Å². The van der Waals surface area contributed by atoms with Gasteiger partial charge in [0.15, 0.2) is 0 Å². The van der Waals surface area contributed by atoms with Gasteiger partial charge in [-0.25, -0.2) is 0 Å². The lowest BCUT2D eigenvalue weighted by Crippen LogP contribution is -1.87. The van der Waals surface area contributed by atoms with Gasteiger partial charge in [0.05, 0.1) is 5.69 Å². The van der Waals surface area contributed by atoms with E-state index in [4.69, 9.17) is 0 Å². The second-order valence-corrected chi connectivity index (χ2v) is 3.66. The average Bonchev–Trinajstić information content (AvgIpc) is 2.57. The summed E-state index contributed by atoms with van der Waals surface area (Å²) in [6.07, 6.45) is 5.85. The third kappa shape index (κ3) is 2.56. The standard InChI is InChI=1S/C11H13N.C3H6/c1-3-9-7-11-10(8(9)2)5-4-6-12-11;1-3-2/h4-6H,3,7H2,1-2H3;3H,1H2,2H3. The summed E-state index contributed by atoms with van der Waals surface area (Å²) < 4.78 is 0. The Morgan fingerprint density at radius 1 is 1.53 bits per heavy atom. The number of pyridine rings is 1. The van der Waals surface area contributed by atoms with E-state index in [9.17, 15) is 0 Å². The van der Waals surface area contributed by atoms with Crippen molar-refractivity contribution in [2.75, 3.05) is 0 Å². The molecule has 0 saturated carbocycles. The largest absolute Gasteiger partial charge is 0.260 e. The van der Waals surface area contributed by atoms with E-state index in [1.54, 1.807) is 11.6 Å². The first kappa shape index (κ1) is 11.7. The number of rotatable bonds is 1. The van der Waals surface area contributed by atoms with E-state index in [-0.39, 0.29) is 0 Å². The van der Waals surface area contributed by atoms with E-state index in [0.717, 1.165) is 12.8 Å². The second kappa shape index (κ2) is 5.50. The Kier molecular flexibility index (Phi) is 4.29. The first-order chi connectivity index (χ1) is 7.24. The number of allylic oxidation sites excluding steroid dienone is 3. The normalized spacial score (nSPS) is 13.0. The van der Waals surface area contributed by atoms with Gasteiger partial charge < -0.3 is 0 Å². The molecule has 1 aromatic heterocycles. The number of hydrogen-bond acceptors (Lipinski definition) is 1. The van der Waals surface area contributed by atoms with Crippen LogP contribution < -0.4 is 0 Å². The van der Waals surface area contributed by atoms with Crippen LogP contribution in [0.15, 0.2) is 36.6 Å². The smallest absolute Gasteiger partial charge is 0.0519 e. The van der Waals surface area contributed by atoms with Gasteiger partial charge in [-0.1, -0.05) is 24.6 Å². The summed E-state index contributed by atoms with van der Waals surface area (Å²) in [5, 5.41) is 0. The van der Waals surface area contributed by atoms with Gasteiger partial charge in [0.1, 0.15) is 0 Å². The van der Waals surface area contributed by atoms with Crippen molar-refractivity contribution in [3.63, 3.8) is 0 Å². The number of fused-ring (bicyclic) bond motifs is 1. The summed E-state index contributed by atoms with van der Waals surface area (Å²) in [6, 6.07) is 4.18. The zero-order valence-electron chi connectivity index (χ0n) is 9.88. The molecule has 1 nitrogen and oxygen atoms in total. The quantitative estimate of drug-likeness (QED) is 0.625. The van der Waals surface area contributed by atoms with Gasteiger partial charge in [-0.05, 0) is 37.5 Å². The van der Waals surface area contributed by atoms with Crippen LogP contribution in [-0.4, -0.2) is 4.98 Å². The number of hydrogen-bond donors (Lipinski definition) is 0. The molecule has 0 atom stereocenters. The summed E-state index contributed by atoms with van der Waals surface area (Å²) in [6.45, 7) is 9.66. The highest BCUT2D eigenvalue weighted by Gasteiger charge is 2.16. The van der Waals surface area contributed by atoms with Gasteiger partial charge in [-0.2, -0.15) is 0 Å². The summed E-state index contributed by atoms with van der Waals surface area (Å²) in [7, 11) is 0. The minimum Gasteiger partial charge on any atom is -0.260 e. The predicted molar refractivity (Wildman–Crippen MR) is 66.7 cm³/mol. The first-order valence-corrected chi connectivity index (χ1v) is 5.44. The van der Waals surface area contributed by atoms with Crippen molar-refractivity contribution < 1.29 is 0 Å². The lowest BCUT2D eigenvalue weighted by molar-refractivity contribution is 0.996. The van der Waals surface area contributed by atoms with Gasteiger partial charge in [0, 0.05) is 12.6 Å². The molecule has 0 unspecified atom stereocenters. The zero-order valence-corrected chi connectivity index (χ0v) is 9.88. The zero-order chi connectivity index (χ0) is 11.3. The summed E-state index contributed by atoms with van der Waals surface area (Å²) >= 11 is 0. The summed E-state index contributed by atoms with van der Waals surface area (Å²) in [4.78, 5) is 4.37. The van der Waals surface area contributed by atoms with Crippen LogP contribution in [0, 0.1) is 0 Å². The van der Waals surface area contributed by atoms with Crippen LogP contribution in [-0.2, 0) is 6.42 Å². The second-order valence-electron chi connectivity index (χ2n) is 3.66. The van der Waals surface area contributed by atoms with Gasteiger partial charge in [0.2, 0.25) is 0 Å². The molecule has 1 heteroatoms. The fraction of sp³-hybridized carbons (Fsp3) is 0.357. The van der Waals surface area contributed by atoms with E-state index in [0.29, 0.717) is 0 Å². The highest BCUT2D eigenvalue weighted by atomic mass is 14.7. The minimum atomic E-state index is 1.07. The molecule has 0 fully saturated rings. The number of aromatic nitrogens is 1. The fourth-order valence-corrected chi connectivity index (χ4v) is 1.84. The topological polar surface area (TPSA) is 12.9 Å². The van der Waals surface area contributed by atoms with E-state index in [1.165, 1.54) is 16.8 Å². The van der Waals surface area contributed by atoms with E-state index < -0.39 is 0 Å². The Hall–Kier alpha value is -1.37. The Bertz CT molecular complexity index is 375. The highest BCUT2D eigenvalue weighted by molar-refractivity contribution is 5.73. The van der Waals surface area contributed by atoms with Crippen LogP contribution in [0.3, 0.4) is 0 Å².